The van der Waals surface area contributed by atoms with Gasteiger partial charge in [0.25, 0.3) is 0 Å². The maximum Gasteiger partial charge on any atom is 0.175 e. The molecule has 6 heteroatoms. The summed E-state index contributed by atoms with van der Waals surface area (Å²) in [6.45, 7) is 6.57. The molecule has 27 heavy (non-hydrogen) atoms. The average Bonchev–Trinajstić information content (AvgIpc) is 2.67. The monoisotopic (exact) mass is 387 g/mol. The van der Waals surface area contributed by atoms with E-state index in [1.54, 1.807) is 24.3 Å². The molecule has 0 fully saturated rings. The molecule has 2 rings (SSSR count). The molecule has 0 heterocycles. The van der Waals surface area contributed by atoms with Gasteiger partial charge in [0.15, 0.2) is 9.84 Å². The van der Waals surface area contributed by atoms with Crippen LogP contribution in [0.5, 0.6) is 0 Å². The highest BCUT2D eigenvalue weighted by atomic mass is 32.2. The Balaban J connectivity index is 2.06. The number of hydrogen-bond acceptors (Lipinski definition) is 5. The molecular weight excluding hydrogens is 358 g/mol. The van der Waals surface area contributed by atoms with Gasteiger partial charge in [-0.05, 0) is 61.4 Å². The van der Waals surface area contributed by atoms with Crippen LogP contribution < -0.4 is 4.90 Å². The number of benzene rings is 2. The van der Waals surface area contributed by atoms with E-state index in [0.717, 1.165) is 18.8 Å². The van der Waals surface area contributed by atoms with Crippen LogP contribution in [-0.2, 0) is 9.84 Å². The van der Waals surface area contributed by atoms with Gasteiger partial charge in [-0.1, -0.05) is 26.7 Å². The van der Waals surface area contributed by atoms with E-state index in [4.69, 9.17) is 0 Å². The van der Waals surface area contributed by atoms with Gasteiger partial charge in [-0.3, -0.25) is 0 Å². The zero-order chi connectivity index (χ0) is 19.7. The average molecular weight is 388 g/mol. The summed E-state index contributed by atoms with van der Waals surface area (Å²) < 4.78 is 23.0. The normalized spacial score (nSPS) is 11.8. The van der Waals surface area contributed by atoms with Crippen LogP contribution in [-0.4, -0.2) is 27.8 Å². The summed E-state index contributed by atoms with van der Waals surface area (Å²) in [6.07, 6.45) is 5.94. The quantitative estimate of drug-likeness (QED) is 0.476. The van der Waals surface area contributed by atoms with Crippen molar-refractivity contribution in [3.8, 4) is 0 Å². The van der Waals surface area contributed by atoms with Crippen molar-refractivity contribution in [1.29, 1.82) is 0 Å². The Hall–Kier alpha value is -2.21. The molecule has 146 valence electrons. The number of nitrogens with zero attached hydrogens (tertiary/aromatic N) is 3. The van der Waals surface area contributed by atoms with Gasteiger partial charge >= 0.3 is 0 Å². The summed E-state index contributed by atoms with van der Waals surface area (Å²) >= 11 is 0. The molecule has 0 aliphatic carbocycles. The predicted molar refractivity (Wildman–Crippen MR) is 112 cm³/mol. The summed E-state index contributed by atoms with van der Waals surface area (Å²) in [7, 11) is -3.19. The lowest BCUT2D eigenvalue weighted by molar-refractivity contribution is 0.602. The summed E-state index contributed by atoms with van der Waals surface area (Å²) in [6, 6.07) is 14.5. The van der Waals surface area contributed by atoms with Crippen LogP contribution in [0.2, 0.25) is 0 Å². The highest BCUT2D eigenvalue weighted by molar-refractivity contribution is 7.90. The number of azo groups is 1. The van der Waals surface area contributed by atoms with Gasteiger partial charge in [-0.15, -0.1) is 0 Å². The molecule has 2 aromatic rings. The zero-order valence-corrected chi connectivity index (χ0v) is 17.2. The van der Waals surface area contributed by atoms with Gasteiger partial charge < -0.3 is 4.90 Å². The zero-order valence-electron chi connectivity index (χ0n) is 16.4. The second kappa shape index (κ2) is 10.2. The molecule has 0 N–H and O–H groups in total. The first-order valence-corrected chi connectivity index (χ1v) is 11.4. The summed E-state index contributed by atoms with van der Waals surface area (Å²) in [4.78, 5) is 2.71. The molecule has 0 spiro atoms. The van der Waals surface area contributed by atoms with Crippen LogP contribution >= 0.6 is 0 Å². The first kappa shape index (κ1) is 21.1. The van der Waals surface area contributed by atoms with E-state index >= 15 is 0 Å². The first-order chi connectivity index (χ1) is 12.9. The van der Waals surface area contributed by atoms with E-state index in [1.807, 2.05) is 12.1 Å². The largest absolute Gasteiger partial charge is 0.372 e. The number of anilines is 1. The molecule has 0 radical (unpaired) electrons. The lowest BCUT2D eigenvalue weighted by Crippen LogP contribution is -2.25. The Labute approximate surface area is 163 Å². The van der Waals surface area contributed by atoms with Crippen molar-refractivity contribution in [2.75, 3.05) is 24.2 Å². The Kier molecular flexibility index (Phi) is 7.98. The Morgan fingerprint density at radius 1 is 0.778 bits per heavy atom. The summed E-state index contributed by atoms with van der Waals surface area (Å²) in [5, 5.41) is 8.44. The fourth-order valence-electron chi connectivity index (χ4n) is 2.67. The van der Waals surface area contributed by atoms with Gasteiger partial charge in [0.05, 0.1) is 16.3 Å². The van der Waals surface area contributed by atoms with Crippen LogP contribution in [0.4, 0.5) is 17.1 Å². The molecular formula is C21H29N3O2S. The minimum Gasteiger partial charge on any atom is -0.372 e. The van der Waals surface area contributed by atoms with Crippen LogP contribution in [0.1, 0.15) is 39.5 Å². The minimum absolute atomic E-state index is 0.282. The smallest absolute Gasteiger partial charge is 0.175 e. The minimum atomic E-state index is -3.19. The molecule has 0 amide bonds. The Bertz CT molecular complexity index is 821. The van der Waals surface area contributed by atoms with E-state index in [1.165, 1.54) is 37.6 Å². The highest BCUT2D eigenvalue weighted by Gasteiger charge is 2.07. The Morgan fingerprint density at radius 2 is 1.22 bits per heavy atom. The molecule has 0 saturated heterocycles. The van der Waals surface area contributed by atoms with Crippen molar-refractivity contribution in [1.82, 2.24) is 0 Å². The molecule has 0 saturated carbocycles. The lowest BCUT2D eigenvalue weighted by atomic mass is 10.2. The van der Waals surface area contributed by atoms with Crippen molar-refractivity contribution in [2.24, 2.45) is 10.2 Å². The number of hydrogen-bond donors (Lipinski definition) is 0. The van der Waals surface area contributed by atoms with E-state index in [-0.39, 0.29) is 4.90 Å². The van der Waals surface area contributed by atoms with Crippen molar-refractivity contribution in [3.63, 3.8) is 0 Å². The number of unbranched alkanes of at least 4 members (excludes halogenated alkanes) is 2. The fourth-order valence-corrected chi connectivity index (χ4v) is 3.30. The van der Waals surface area contributed by atoms with Crippen LogP contribution in [0.3, 0.4) is 0 Å². The highest BCUT2D eigenvalue weighted by Crippen LogP contribution is 2.23. The molecule has 2 aromatic carbocycles. The standard InChI is InChI=1S/C21H29N3O2S/c1-4-6-16-24(17-7-5-2)20-12-8-18(9-13-20)22-23-19-10-14-21(15-11-19)27(3,25)26/h8-15H,4-7,16-17H2,1-3H3. The van der Waals surface area contributed by atoms with E-state index in [0.29, 0.717) is 5.69 Å². The molecule has 0 aliphatic rings. The van der Waals surface area contributed by atoms with Gasteiger partial charge in [0, 0.05) is 25.0 Å². The van der Waals surface area contributed by atoms with Gasteiger partial charge in [-0.25, -0.2) is 8.42 Å². The number of rotatable bonds is 10. The predicted octanol–water partition coefficient (Wildman–Crippen LogP) is 5.91. The SMILES string of the molecule is CCCCN(CCCC)c1ccc(N=Nc2ccc(S(C)(=O)=O)cc2)cc1. The van der Waals surface area contributed by atoms with E-state index < -0.39 is 9.84 Å². The van der Waals surface area contributed by atoms with Gasteiger partial charge in [0.1, 0.15) is 0 Å². The van der Waals surface area contributed by atoms with Gasteiger partial charge in [0.2, 0.25) is 0 Å². The van der Waals surface area contributed by atoms with Crippen molar-refractivity contribution in [3.05, 3.63) is 48.5 Å². The molecule has 0 aromatic heterocycles. The molecule has 0 atom stereocenters. The second-order valence-electron chi connectivity index (χ2n) is 6.68. The molecule has 0 bridgehead atoms. The van der Waals surface area contributed by atoms with Crippen LogP contribution in [0.25, 0.3) is 0 Å². The molecule has 5 nitrogen and oxygen atoms in total. The molecule has 0 unspecified atom stereocenters. The summed E-state index contributed by atoms with van der Waals surface area (Å²) in [5.41, 5.74) is 2.62. The fraction of sp³-hybridized carbons (Fsp3) is 0.429. The maximum atomic E-state index is 11.5. The van der Waals surface area contributed by atoms with E-state index in [2.05, 4.69) is 41.1 Å². The van der Waals surface area contributed by atoms with E-state index in [9.17, 15) is 8.42 Å². The third-order valence-corrected chi connectivity index (χ3v) is 5.45. The van der Waals surface area contributed by atoms with Crippen molar-refractivity contribution in [2.45, 2.75) is 44.4 Å². The van der Waals surface area contributed by atoms with Crippen LogP contribution in [0.15, 0.2) is 63.7 Å². The van der Waals surface area contributed by atoms with Crippen LogP contribution in [0, 0.1) is 0 Å². The van der Waals surface area contributed by atoms with Gasteiger partial charge in [-0.2, -0.15) is 10.2 Å². The third-order valence-electron chi connectivity index (χ3n) is 4.32. The first-order valence-electron chi connectivity index (χ1n) is 9.51. The summed E-state index contributed by atoms with van der Waals surface area (Å²) in [5.74, 6) is 0. The van der Waals surface area contributed by atoms with Crippen molar-refractivity contribution < 1.29 is 8.42 Å². The number of sulfone groups is 1. The molecule has 0 aliphatic heterocycles. The topological polar surface area (TPSA) is 62.1 Å². The maximum absolute atomic E-state index is 11.5. The second-order valence-corrected chi connectivity index (χ2v) is 8.69. The third kappa shape index (κ3) is 6.79. The van der Waals surface area contributed by atoms with Crippen molar-refractivity contribution >= 4 is 26.9 Å². The Morgan fingerprint density at radius 3 is 1.63 bits per heavy atom. The lowest BCUT2D eigenvalue weighted by Gasteiger charge is -2.24.